The lowest BCUT2D eigenvalue weighted by Gasteiger charge is -2.10. The zero-order chi connectivity index (χ0) is 17.5. The van der Waals surface area contributed by atoms with E-state index in [4.69, 9.17) is 11.6 Å². The van der Waals surface area contributed by atoms with E-state index in [-0.39, 0.29) is 5.91 Å². The summed E-state index contributed by atoms with van der Waals surface area (Å²) in [5.41, 5.74) is 3.04. The molecule has 0 unspecified atom stereocenters. The number of carbonyl (C=O) groups is 1. The molecule has 0 aliphatic heterocycles. The van der Waals surface area contributed by atoms with Crippen molar-refractivity contribution in [1.29, 1.82) is 0 Å². The minimum atomic E-state index is -0.133. The van der Waals surface area contributed by atoms with Crippen LogP contribution in [-0.2, 0) is 13.0 Å². The first-order chi connectivity index (χ1) is 12.2. The molecular weight excluding hydrogens is 352 g/mol. The van der Waals surface area contributed by atoms with Crippen LogP contribution in [0.25, 0.3) is 0 Å². The Morgan fingerprint density at radius 2 is 1.84 bits per heavy atom. The number of hydrogen-bond donors (Lipinski definition) is 2. The lowest BCUT2D eigenvalue weighted by atomic mass is 10.1. The third-order valence-electron chi connectivity index (χ3n) is 3.79. The average molecular weight is 371 g/mol. The molecule has 25 heavy (non-hydrogen) atoms. The topological polar surface area (TPSA) is 41.1 Å². The highest BCUT2D eigenvalue weighted by Gasteiger charge is 2.10. The fraction of sp³-hybridized carbons (Fsp3) is 0.150. The van der Waals surface area contributed by atoms with Gasteiger partial charge >= 0.3 is 0 Å². The molecule has 3 nitrogen and oxygen atoms in total. The second-order valence-electron chi connectivity index (χ2n) is 5.66. The Hall–Kier alpha value is -2.14. The van der Waals surface area contributed by atoms with Gasteiger partial charge in [0.05, 0.1) is 15.6 Å². The van der Waals surface area contributed by atoms with E-state index in [2.05, 4.69) is 34.9 Å². The normalized spacial score (nSPS) is 10.6. The molecule has 2 N–H and O–H groups in total. The van der Waals surface area contributed by atoms with Gasteiger partial charge in [0.2, 0.25) is 0 Å². The first-order valence-electron chi connectivity index (χ1n) is 8.10. The summed E-state index contributed by atoms with van der Waals surface area (Å²) in [6, 6.07) is 19.7. The van der Waals surface area contributed by atoms with Gasteiger partial charge in [-0.25, -0.2) is 0 Å². The van der Waals surface area contributed by atoms with Crippen LogP contribution in [-0.4, -0.2) is 12.5 Å². The number of hydrogen-bond acceptors (Lipinski definition) is 3. The smallest absolute Gasteiger partial charge is 0.265 e. The lowest BCUT2D eigenvalue weighted by Crippen LogP contribution is -2.17. The monoisotopic (exact) mass is 370 g/mol. The van der Waals surface area contributed by atoms with Gasteiger partial charge in [-0.15, -0.1) is 11.3 Å². The zero-order valence-electron chi connectivity index (χ0n) is 13.7. The van der Waals surface area contributed by atoms with Crippen molar-refractivity contribution in [3.8, 4) is 0 Å². The molecule has 0 bridgehead atoms. The highest BCUT2D eigenvalue weighted by Crippen LogP contribution is 2.24. The number of nitrogens with one attached hydrogen (secondary N) is 2. The van der Waals surface area contributed by atoms with Gasteiger partial charge in [0.25, 0.3) is 5.91 Å². The predicted octanol–water partition coefficient (Wildman–Crippen LogP) is 4.99. The minimum Gasteiger partial charge on any atom is -0.320 e. The van der Waals surface area contributed by atoms with Crippen LogP contribution in [0, 0.1) is 0 Å². The predicted molar refractivity (Wildman–Crippen MR) is 106 cm³/mol. The number of rotatable bonds is 7. The largest absolute Gasteiger partial charge is 0.320 e. The highest BCUT2D eigenvalue weighted by atomic mass is 35.5. The van der Waals surface area contributed by atoms with Crippen molar-refractivity contribution in [2.45, 2.75) is 13.0 Å². The summed E-state index contributed by atoms with van der Waals surface area (Å²) >= 11 is 7.62. The van der Waals surface area contributed by atoms with E-state index in [9.17, 15) is 4.79 Å². The van der Waals surface area contributed by atoms with Crippen molar-refractivity contribution in [2.75, 3.05) is 11.9 Å². The molecule has 0 saturated heterocycles. The van der Waals surface area contributed by atoms with Crippen LogP contribution in [0.4, 0.5) is 5.69 Å². The quantitative estimate of drug-likeness (QED) is 0.575. The molecule has 128 valence electrons. The Morgan fingerprint density at radius 1 is 1.00 bits per heavy atom. The van der Waals surface area contributed by atoms with E-state index >= 15 is 0 Å². The van der Waals surface area contributed by atoms with E-state index in [1.54, 1.807) is 6.07 Å². The molecule has 3 rings (SSSR count). The highest BCUT2D eigenvalue weighted by molar-refractivity contribution is 7.12. The molecule has 0 saturated carbocycles. The molecule has 1 amide bonds. The van der Waals surface area contributed by atoms with Gasteiger partial charge in [0.1, 0.15) is 0 Å². The standard InChI is InChI=1S/C20H19ClN2OS/c21-17-9-8-16(14-22-11-10-15-5-2-1-3-6-15)13-18(17)23-20(24)19-7-4-12-25-19/h1-9,12-13,22H,10-11,14H2,(H,23,24). The molecular formula is C20H19ClN2OS. The maximum atomic E-state index is 12.2. The SMILES string of the molecule is O=C(Nc1cc(CNCCc2ccccc2)ccc1Cl)c1cccs1. The van der Waals surface area contributed by atoms with Crippen molar-refractivity contribution < 1.29 is 4.79 Å². The number of anilines is 1. The summed E-state index contributed by atoms with van der Waals surface area (Å²) in [4.78, 5) is 12.8. The summed E-state index contributed by atoms with van der Waals surface area (Å²) in [6.07, 6.45) is 0.983. The maximum absolute atomic E-state index is 12.2. The van der Waals surface area contributed by atoms with Gasteiger partial charge < -0.3 is 10.6 Å². The molecule has 0 fully saturated rings. The van der Waals surface area contributed by atoms with Gasteiger partial charge in [-0.05, 0) is 47.7 Å². The van der Waals surface area contributed by atoms with Gasteiger partial charge in [0.15, 0.2) is 0 Å². The van der Waals surface area contributed by atoms with Crippen LogP contribution in [0.3, 0.4) is 0 Å². The van der Waals surface area contributed by atoms with E-state index in [1.807, 2.05) is 35.7 Å². The Bertz CT molecular complexity index is 819. The number of halogens is 1. The molecule has 1 heterocycles. The third-order valence-corrected chi connectivity index (χ3v) is 4.98. The van der Waals surface area contributed by atoms with Crippen molar-refractivity contribution in [1.82, 2.24) is 5.32 Å². The van der Waals surface area contributed by atoms with Crippen LogP contribution in [0.1, 0.15) is 20.8 Å². The molecule has 0 spiro atoms. The van der Waals surface area contributed by atoms with Gasteiger partial charge in [-0.2, -0.15) is 0 Å². The molecule has 0 atom stereocenters. The van der Waals surface area contributed by atoms with Crippen molar-refractivity contribution in [3.05, 3.63) is 87.1 Å². The summed E-state index contributed by atoms with van der Waals surface area (Å²) in [7, 11) is 0. The second kappa shape index (κ2) is 8.81. The van der Waals surface area contributed by atoms with Crippen LogP contribution < -0.4 is 10.6 Å². The zero-order valence-corrected chi connectivity index (χ0v) is 15.2. The van der Waals surface area contributed by atoms with Gasteiger partial charge in [-0.3, -0.25) is 4.79 Å². The van der Waals surface area contributed by atoms with E-state index < -0.39 is 0 Å². The lowest BCUT2D eigenvalue weighted by molar-refractivity contribution is 0.103. The number of carbonyl (C=O) groups excluding carboxylic acids is 1. The third kappa shape index (κ3) is 5.16. The molecule has 5 heteroatoms. The number of benzene rings is 2. The Kier molecular flexibility index (Phi) is 6.23. The number of amides is 1. The molecule has 0 aliphatic carbocycles. The maximum Gasteiger partial charge on any atom is 0.265 e. The first kappa shape index (κ1) is 17.7. The van der Waals surface area contributed by atoms with Crippen LogP contribution in [0.2, 0.25) is 5.02 Å². The van der Waals surface area contributed by atoms with Crippen LogP contribution in [0.5, 0.6) is 0 Å². The summed E-state index contributed by atoms with van der Waals surface area (Å²) in [5.74, 6) is -0.133. The fourth-order valence-electron chi connectivity index (χ4n) is 2.48. The molecule has 0 radical (unpaired) electrons. The Morgan fingerprint density at radius 3 is 2.60 bits per heavy atom. The van der Waals surface area contributed by atoms with Crippen molar-refractivity contribution in [2.24, 2.45) is 0 Å². The van der Waals surface area contributed by atoms with Gasteiger partial charge in [0, 0.05) is 6.54 Å². The molecule has 0 aliphatic rings. The Balaban J connectivity index is 1.55. The van der Waals surface area contributed by atoms with E-state index in [0.29, 0.717) is 15.6 Å². The van der Waals surface area contributed by atoms with Crippen molar-refractivity contribution >= 4 is 34.5 Å². The summed E-state index contributed by atoms with van der Waals surface area (Å²) < 4.78 is 0. The molecule has 1 aromatic heterocycles. The average Bonchev–Trinajstić information content (AvgIpc) is 3.17. The Labute approximate surface area is 156 Å². The first-order valence-corrected chi connectivity index (χ1v) is 9.36. The molecule has 3 aromatic rings. The van der Waals surface area contributed by atoms with Crippen LogP contribution in [0.15, 0.2) is 66.0 Å². The summed E-state index contributed by atoms with van der Waals surface area (Å²) in [6.45, 7) is 1.62. The van der Waals surface area contributed by atoms with E-state index in [1.165, 1.54) is 16.9 Å². The second-order valence-corrected chi connectivity index (χ2v) is 7.01. The minimum absolute atomic E-state index is 0.133. The van der Waals surface area contributed by atoms with E-state index in [0.717, 1.165) is 25.1 Å². The van der Waals surface area contributed by atoms with Gasteiger partial charge in [-0.1, -0.05) is 54.1 Å². The fourth-order valence-corrected chi connectivity index (χ4v) is 3.26. The molecule has 2 aromatic carbocycles. The van der Waals surface area contributed by atoms with Crippen molar-refractivity contribution in [3.63, 3.8) is 0 Å². The summed E-state index contributed by atoms with van der Waals surface area (Å²) in [5, 5.41) is 8.72. The number of thiophene rings is 1. The van der Waals surface area contributed by atoms with Crippen LogP contribution >= 0.6 is 22.9 Å².